The highest BCUT2D eigenvalue weighted by molar-refractivity contribution is 6.35. The summed E-state index contributed by atoms with van der Waals surface area (Å²) < 4.78 is 39.0. The predicted octanol–water partition coefficient (Wildman–Crippen LogP) is 4.72. The van der Waals surface area contributed by atoms with Gasteiger partial charge in [0, 0.05) is 11.1 Å². The molecule has 0 spiro atoms. The van der Waals surface area contributed by atoms with Crippen molar-refractivity contribution in [3.05, 3.63) is 76.3 Å². The number of rotatable bonds is 0. The van der Waals surface area contributed by atoms with Crippen LogP contribution in [0.25, 0.3) is 21.5 Å². The van der Waals surface area contributed by atoms with Gasteiger partial charge < -0.3 is 0 Å². The van der Waals surface area contributed by atoms with Gasteiger partial charge in [-0.1, -0.05) is 30.3 Å². The number of fused-ring (bicyclic) bond motifs is 3. The summed E-state index contributed by atoms with van der Waals surface area (Å²) in [7, 11) is 0. The van der Waals surface area contributed by atoms with Crippen molar-refractivity contribution in [3.63, 3.8) is 0 Å². The minimum atomic E-state index is -4.59. The van der Waals surface area contributed by atoms with E-state index >= 15 is 0 Å². The van der Waals surface area contributed by atoms with Crippen LogP contribution in [-0.2, 0) is 6.18 Å². The fourth-order valence-corrected chi connectivity index (χ4v) is 2.71. The highest BCUT2D eigenvalue weighted by Gasteiger charge is 2.35. The Morgan fingerprint density at radius 3 is 2.25 bits per heavy atom. The summed E-state index contributed by atoms with van der Waals surface area (Å²) in [6, 6.07) is 11.1. The van der Waals surface area contributed by atoms with Crippen molar-refractivity contribution in [2.45, 2.75) is 6.18 Å². The van der Waals surface area contributed by atoms with Gasteiger partial charge >= 0.3 is 6.18 Å². The number of halogens is 3. The molecule has 116 valence electrons. The lowest BCUT2D eigenvalue weighted by Crippen LogP contribution is -2.15. The third kappa shape index (κ3) is 2.26. The molecule has 0 aromatic heterocycles. The minimum Gasteiger partial charge on any atom is -0.290 e. The zero-order chi connectivity index (χ0) is 17.5. The molecule has 24 heavy (non-hydrogen) atoms. The van der Waals surface area contributed by atoms with E-state index in [0.717, 1.165) is 12.1 Å². The van der Waals surface area contributed by atoms with Crippen LogP contribution in [-0.4, -0.2) is 5.78 Å². The molecule has 0 unspecified atom stereocenters. The molecule has 0 saturated carbocycles. The van der Waals surface area contributed by atoms with E-state index in [1.54, 1.807) is 24.3 Å². The van der Waals surface area contributed by atoms with Gasteiger partial charge in [-0.3, -0.25) is 4.79 Å². The van der Waals surface area contributed by atoms with Crippen LogP contribution in [0.1, 0.15) is 21.5 Å². The zero-order valence-corrected chi connectivity index (χ0v) is 12.0. The zero-order valence-electron chi connectivity index (χ0n) is 12.0. The SMILES string of the molecule is [C-]#[N+]C(C#N)=C1C(=O)c2ccccc2-c2ccc(C(F)(F)F)cc21. The van der Waals surface area contributed by atoms with Crippen molar-refractivity contribution >= 4 is 11.4 Å². The third-order valence-corrected chi connectivity index (χ3v) is 3.76. The number of carbonyl (C=O) groups excluding carboxylic acids is 1. The Hall–Kier alpha value is -3.38. The van der Waals surface area contributed by atoms with Crippen molar-refractivity contribution in [2.75, 3.05) is 0 Å². The van der Waals surface area contributed by atoms with Crippen LogP contribution in [0.5, 0.6) is 0 Å². The number of hydrogen-bond acceptors (Lipinski definition) is 2. The molecule has 0 radical (unpaired) electrons. The fourth-order valence-electron chi connectivity index (χ4n) is 2.71. The number of alkyl halides is 3. The van der Waals surface area contributed by atoms with Gasteiger partial charge in [-0.2, -0.15) is 13.2 Å². The van der Waals surface area contributed by atoms with E-state index in [0.29, 0.717) is 11.1 Å². The predicted molar refractivity (Wildman–Crippen MR) is 80.3 cm³/mol. The number of ketones is 1. The number of carbonyl (C=O) groups is 1. The molecule has 3 nitrogen and oxygen atoms in total. The molecule has 2 aromatic rings. The molecule has 0 N–H and O–H groups in total. The molecule has 0 saturated heterocycles. The van der Waals surface area contributed by atoms with E-state index in [1.165, 1.54) is 12.1 Å². The summed E-state index contributed by atoms with van der Waals surface area (Å²) in [5.74, 6) is -0.620. The van der Waals surface area contributed by atoms with Gasteiger partial charge in [-0.15, -0.1) is 0 Å². The van der Waals surface area contributed by atoms with Crippen LogP contribution in [0.2, 0.25) is 0 Å². The topological polar surface area (TPSA) is 45.2 Å². The number of allylic oxidation sites excluding steroid dienone is 2. The first-order valence-electron chi connectivity index (χ1n) is 6.76. The molecule has 0 fully saturated rings. The number of benzene rings is 2. The van der Waals surface area contributed by atoms with Gasteiger partial charge in [0.15, 0.2) is 5.78 Å². The highest BCUT2D eigenvalue weighted by Crippen LogP contribution is 2.43. The van der Waals surface area contributed by atoms with Crippen molar-refractivity contribution in [2.24, 2.45) is 0 Å². The van der Waals surface area contributed by atoms with E-state index in [4.69, 9.17) is 11.8 Å². The van der Waals surface area contributed by atoms with E-state index in [2.05, 4.69) is 4.85 Å². The molecule has 1 aliphatic rings. The monoisotopic (exact) mass is 324 g/mol. The van der Waals surface area contributed by atoms with Gasteiger partial charge in [0.1, 0.15) is 0 Å². The Balaban J connectivity index is 2.44. The first-order valence-corrected chi connectivity index (χ1v) is 6.76. The Labute approximate surface area is 135 Å². The van der Waals surface area contributed by atoms with Crippen LogP contribution in [0.3, 0.4) is 0 Å². The van der Waals surface area contributed by atoms with E-state index in [-0.39, 0.29) is 16.7 Å². The van der Waals surface area contributed by atoms with E-state index in [1.807, 2.05) is 0 Å². The molecule has 0 amide bonds. The maximum Gasteiger partial charge on any atom is 0.416 e. The summed E-state index contributed by atoms with van der Waals surface area (Å²) in [6.45, 7) is 7.06. The summed E-state index contributed by atoms with van der Waals surface area (Å²) in [6.07, 6.45) is -4.59. The number of hydrogen-bond donors (Lipinski definition) is 0. The molecule has 3 rings (SSSR count). The normalized spacial score (nSPS) is 15.0. The lowest BCUT2D eigenvalue weighted by molar-refractivity contribution is -0.137. The second kappa shape index (κ2) is 5.36. The van der Waals surface area contributed by atoms with Gasteiger partial charge in [-0.05, 0) is 28.8 Å². The van der Waals surface area contributed by atoms with Crippen molar-refractivity contribution in [1.29, 1.82) is 5.26 Å². The maximum atomic E-state index is 13.0. The molecule has 0 bridgehead atoms. The summed E-state index contributed by atoms with van der Waals surface area (Å²) in [5.41, 5.74) is -0.644. The number of nitriles is 1. The Morgan fingerprint density at radius 1 is 1.04 bits per heavy atom. The van der Waals surface area contributed by atoms with Crippen LogP contribution >= 0.6 is 0 Å². The van der Waals surface area contributed by atoms with E-state index in [9.17, 15) is 18.0 Å². The molecular weight excluding hydrogens is 317 g/mol. The first kappa shape index (κ1) is 15.5. The molecule has 6 heteroatoms. The molecular formula is C18H7F3N2O. The first-order chi connectivity index (χ1) is 11.4. The minimum absolute atomic E-state index is 0.0407. The van der Waals surface area contributed by atoms with Gasteiger partial charge in [0.05, 0.1) is 18.2 Å². The molecule has 1 aliphatic carbocycles. The van der Waals surface area contributed by atoms with Gasteiger partial charge in [0.2, 0.25) is 0 Å². The van der Waals surface area contributed by atoms with Crippen LogP contribution in [0.4, 0.5) is 13.2 Å². The number of nitrogens with zero attached hydrogens (tertiary/aromatic N) is 2. The van der Waals surface area contributed by atoms with Crippen molar-refractivity contribution < 1.29 is 18.0 Å². The molecule has 2 aromatic carbocycles. The molecule has 0 aliphatic heterocycles. The van der Waals surface area contributed by atoms with Crippen LogP contribution in [0, 0.1) is 17.9 Å². The van der Waals surface area contributed by atoms with Crippen molar-refractivity contribution in [3.8, 4) is 17.2 Å². The second-order valence-corrected chi connectivity index (χ2v) is 5.08. The summed E-state index contributed by atoms with van der Waals surface area (Å²) in [5, 5.41) is 9.10. The molecule has 0 heterocycles. The average molecular weight is 324 g/mol. The largest absolute Gasteiger partial charge is 0.416 e. The number of Topliss-reactive ketones (excluding diaryl/α,β-unsaturated/α-hetero) is 1. The van der Waals surface area contributed by atoms with Crippen molar-refractivity contribution in [1.82, 2.24) is 0 Å². The Morgan fingerprint density at radius 2 is 1.67 bits per heavy atom. The Bertz CT molecular complexity index is 973. The van der Waals surface area contributed by atoms with Gasteiger partial charge in [-0.25, -0.2) is 10.1 Å². The van der Waals surface area contributed by atoms with Gasteiger partial charge in [0.25, 0.3) is 5.70 Å². The lowest BCUT2D eigenvalue weighted by Gasteiger charge is -2.23. The summed E-state index contributed by atoms with van der Waals surface area (Å²) >= 11 is 0. The molecule has 0 atom stereocenters. The highest BCUT2D eigenvalue weighted by atomic mass is 19.4. The van der Waals surface area contributed by atoms with E-state index < -0.39 is 23.2 Å². The van der Waals surface area contributed by atoms with Crippen LogP contribution < -0.4 is 0 Å². The fraction of sp³-hybridized carbons (Fsp3) is 0.0556. The smallest absolute Gasteiger partial charge is 0.290 e. The summed E-state index contributed by atoms with van der Waals surface area (Å²) in [4.78, 5) is 15.7. The van der Waals surface area contributed by atoms with Crippen LogP contribution in [0.15, 0.2) is 48.2 Å². The second-order valence-electron chi connectivity index (χ2n) is 5.08. The standard InChI is InChI=1S/C18H7F3N2O/c1-23-15(9-22)16-14-8-10(18(19,20)21)6-7-12(14)11-4-2-3-5-13(11)17(16)24/h2-8H. The third-order valence-electron chi connectivity index (χ3n) is 3.76. The lowest BCUT2D eigenvalue weighted by atomic mass is 9.80. The average Bonchev–Trinajstić information content (AvgIpc) is 2.57. The quantitative estimate of drug-likeness (QED) is 0.400. The Kier molecular flexibility index (Phi) is 3.47. The maximum absolute atomic E-state index is 13.0.